The number of aryl methyl sites for hydroxylation is 2. The average molecular weight is 414 g/mol. The van der Waals surface area contributed by atoms with Crippen LogP contribution in [0, 0.1) is 13.8 Å². The van der Waals surface area contributed by atoms with E-state index in [1.54, 1.807) is 24.3 Å². The zero-order chi connectivity index (χ0) is 21.1. The highest BCUT2D eigenvalue weighted by molar-refractivity contribution is 6.31. The normalized spacial score (nSPS) is 11.8. The van der Waals surface area contributed by atoms with E-state index in [1.807, 2.05) is 32.0 Å². The van der Waals surface area contributed by atoms with Gasteiger partial charge in [0.05, 0.1) is 18.2 Å². The molecule has 0 aliphatic rings. The number of nitrogens with one attached hydrogen (secondary N) is 1. The molecule has 3 N–H and O–H groups in total. The number of hydrogen-bond donors (Lipinski definition) is 3. The van der Waals surface area contributed by atoms with E-state index in [4.69, 9.17) is 11.6 Å². The molecule has 1 aromatic heterocycles. The third-order valence-corrected chi connectivity index (χ3v) is 4.82. The number of rotatable bonds is 6. The summed E-state index contributed by atoms with van der Waals surface area (Å²) < 4.78 is 1.28. The fraction of sp³-hybridized carbons (Fsp3) is 0.190. The van der Waals surface area contributed by atoms with Crippen LogP contribution in [-0.4, -0.2) is 31.9 Å². The number of carboxylic acids is 1. The van der Waals surface area contributed by atoms with Gasteiger partial charge < -0.3 is 15.5 Å². The molecule has 8 heteroatoms. The molecule has 0 aliphatic heterocycles. The Kier molecular flexibility index (Phi) is 5.89. The molecule has 1 amide bonds. The fourth-order valence-electron chi connectivity index (χ4n) is 3.01. The van der Waals surface area contributed by atoms with Crippen molar-refractivity contribution in [3.05, 3.63) is 75.9 Å². The van der Waals surface area contributed by atoms with Crippen LogP contribution in [0.4, 0.5) is 0 Å². The van der Waals surface area contributed by atoms with Gasteiger partial charge in [0.15, 0.2) is 5.69 Å². The van der Waals surface area contributed by atoms with Crippen molar-refractivity contribution in [1.82, 2.24) is 15.1 Å². The standard InChI is InChI=1S/C21H20ClN3O4/c1-12-7-8-13(2)18(9-12)25-19(26)10-17(24-25)21(29)23-16(11-20(27)28)14-5-3-4-6-15(14)22/h3-10,16,26H,11H2,1-2H3,(H,23,29)(H,27,28). The predicted molar refractivity (Wildman–Crippen MR) is 109 cm³/mol. The zero-order valence-electron chi connectivity index (χ0n) is 15.9. The molecular weight excluding hydrogens is 394 g/mol. The molecule has 3 aromatic rings. The zero-order valence-corrected chi connectivity index (χ0v) is 16.6. The Labute approximate surface area is 172 Å². The van der Waals surface area contributed by atoms with E-state index in [9.17, 15) is 19.8 Å². The molecule has 0 saturated heterocycles. The van der Waals surface area contributed by atoms with E-state index in [1.165, 1.54) is 10.7 Å². The Morgan fingerprint density at radius 2 is 1.90 bits per heavy atom. The van der Waals surface area contributed by atoms with E-state index in [0.717, 1.165) is 11.1 Å². The van der Waals surface area contributed by atoms with E-state index in [2.05, 4.69) is 10.4 Å². The molecule has 3 rings (SSSR count). The second-order valence-electron chi connectivity index (χ2n) is 6.73. The number of aromatic nitrogens is 2. The molecular formula is C21H20ClN3O4. The van der Waals surface area contributed by atoms with Crippen LogP contribution in [0.2, 0.25) is 5.02 Å². The molecule has 1 atom stereocenters. The van der Waals surface area contributed by atoms with E-state index in [0.29, 0.717) is 16.3 Å². The molecule has 1 unspecified atom stereocenters. The summed E-state index contributed by atoms with van der Waals surface area (Å²) in [6.45, 7) is 3.78. The summed E-state index contributed by atoms with van der Waals surface area (Å²) in [7, 11) is 0. The summed E-state index contributed by atoms with van der Waals surface area (Å²) in [6.07, 6.45) is -0.348. The van der Waals surface area contributed by atoms with E-state index >= 15 is 0 Å². The Morgan fingerprint density at radius 1 is 1.17 bits per heavy atom. The van der Waals surface area contributed by atoms with Crippen LogP contribution in [0.25, 0.3) is 5.69 Å². The van der Waals surface area contributed by atoms with Gasteiger partial charge in [-0.2, -0.15) is 5.10 Å². The smallest absolute Gasteiger partial charge is 0.305 e. The van der Waals surface area contributed by atoms with Crippen molar-refractivity contribution in [2.75, 3.05) is 0 Å². The summed E-state index contributed by atoms with van der Waals surface area (Å²) in [5.41, 5.74) is 2.95. The Morgan fingerprint density at radius 3 is 2.59 bits per heavy atom. The molecule has 0 aliphatic carbocycles. The number of halogens is 1. The van der Waals surface area contributed by atoms with Crippen molar-refractivity contribution >= 4 is 23.5 Å². The van der Waals surface area contributed by atoms with Crippen molar-refractivity contribution in [2.45, 2.75) is 26.3 Å². The summed E-state index contributed by atoms with van der Waals surface area (Å²) in [5, 5.41) is 26.7. The average Bonchev–Trinajstić information content (AvgIpc) is 3.05. The summed E-state index contributed by atoms with van der Waals surface area (Å²) in [6, 6.07) is 12.8. The molecule has 0 spiro atoms. The number of nitrogens with zero attached hydrogens (tertiary/aromatic N) is 2. The minimum Gasteiger partial charge on any atom is -0.493 e. The van der Waals surface area contributed by atoms with Crippen molar-refractivity contribution < 1.29 is 19.8 Å². The first-order valence-electron chi connectivity index (χ1n) is 8.90. The van der Waals surface area contributed by atoms with Gasteiger partial charge in [0, 0.05) is 11.1 Å². The summed E-state index contributed by atoms with van der Waals surface area (Å²) in [5.74, 6) is -1.90. The SMILES string of the molecule is Cc1ccc(C)c(-n2nc(C(=O)NC(CC(=O)O)c3ccccc3Cl)cc2O)c1. The van der Waals surface area contributed by atoms with Crippen molar-refractivity contribution in [3.63, 3.8) is 0 Å². The highest BCUT2D eigenvalue weighted by Gasteiger charge is 2.23. The lowest BCUT2D eigenvalue weighted by molar-refractivity contribution is -0.137. The second-order valence-corrected chi connectivity index (χ2v) is 7.14. The minimum absolute atomic E-state index is 0.0363. The number of carboxylic acid groups (broad SMARTS) is 1. The topological polar surface area (TPSA) is 104 Å². The van der Waals surface area contributed by atoms with Crippen molar-refractivity contribution in [1.29, 1.82) is 0 Å². The Balaban J connectivity index is 1.91. The lowest BCUT2D eigenvalue weighted by Crippen LogP contribution is -2.30. The predicted octanol–water partition coefficient (Wildman–Crippen LogP) is 3.79. The molecule has 150 valence electrons. The van der Waals surface area contributed by atoms with Crippen LogP contribution in [0.1, 0.15) is 39.6 Å². The van der Waals surface area contributed by atoms with Gasteiger partial charge in [-0.3, -0.25) is 9.59 Å². The fourth-order valence-corrected chi connectivity index (χ4v) is 3.28. The Bertz CT molecular complexity index is 1080. The van der Waals surface area contributed by atoms with Crippen LogP contribution >= 0.6 is 11.6 Å². The van der Waals surface area contributed by atoms with Gasteiger partial charge in [0.2, 0.25) is 5.88 Å². The molecule has 29 heavy (non-hydrogen) atoms. The van der Waals surface area contributed by atoms with Gasteiger partial charge in [-0.1, -0.05) is 41.9 Å². The lowest BCUT2D eigenvalue weighted by atomic mass is 10.0. The monoisotopic (exact) mass is 413 g/mol. The number of carbonyl (C=O) groups excluding carboxylic acids is 1. The van der Waals surface area contributed by atoms with Crippen LogP contribution in [-0.2, 0) is 4.79 Å². The van der Waals surface area contributed by atoms with Crippen LogP contribution < -0.4 is 5.32 Å². The van der Waals surface area contributed by atoms with Gasteiger partial charge >= 0.3 is 5.97 Å². The first-order valence-corrected chi connectivity index (χ1v) is 9.28. The maximum absolute atomic E-state index is 12.7. The third-order valence-electron chi connectivity index (χ3n) is 4.48. The highest BCUT2D eigenvalue weighted by Crippen LogP contribution is 2.26. The molecule has 2 aromatic carbocycles. The minimum atomic E-state index is -1.08. The molecule has 0 bridgehead atoms. The van der Waals surface area contributed by atoms with E-state index < -0.39 is 17.9 Å². The lowest BCUT2D eigenvalue weighted by Gasteiger charge is -2.18. The van der Waals surface area contributed by atoms with Gasteiger partial charge in [-0.25, -0.2) is 4.68 Å². The first-order chi connectivity index (χ1) is 13.8. The number of amides is 1. The summed E-state index contributed by atoms with van der Waals surface area (Å²) >= 11 is 6.17. The van der Waals surface area contributed by atoms with Gasteiger partial charge in [-0.05, 0) is 42.7 Å². The van der Waals surface area contributed by atoms with Crippen LogP contribution in [0.3, 0.4) is 0 Å². The van der Waals surface area contributed by atoms with E-state index in [-0.39, 0.29) is 18.0 Å². The Hall–Kier alpha value is -3.32. The van der Waals surface area contributed by atoms with Gasteiger partial charge in [0.25, 0.3) is 5.91 Å². The van der Waals surface area contributed by atoms with Crippen LogP contribution in [0.15, 0.2) is 48.5 Å². The highest BCUT2D eigenvalue weighted by atomic mass is 35.5. The van der Waals surface area contributed by atoms with Crippen LogP contribution in [0.5, 0.6) is 5.88 Å². The number of carbonyl (C=O) groups is 2. The maximum Gasteiger partial charge on any atom is 0.305 e. The van der Waals surface area contributed by atoms with Gasteiger partial charge in [-0.15, -0.1) is 0 Å². The third kappa shape index (κ3) is 4.57. The molecule has 0 radical (unpaired) electrons. The maximum atomic E-state index is 12.7. The second kappa shape index (κ2) is 8.36. The number of hydrogen-bond acceptors (Lipinski definition) is 4. The molecule has 0 saturated carbocycles. The molecule has 1 heterocycles. The molecule has 7 nitrogen and oxygen atoms in total. The first kappa shape index (κ1) is 20.4. The molecule has 0 fully saturated rings. The number of aliphatic carboxylic acids is 1. The number of aromatic hydroxyl groups is 1. The largest absolute Gasteiger partial charge is 0.493 e. The van der Waals surface area contributed by atoms with Crippen molar-refractivity contribution in [2.24, 2.45) is 0 Å². The van der Waals surface area contributed by atoms with Crippen molar-refractivity contribution in [3.8, 4) is 11.6 Å². The summed E-state index contributed by atoms with van der Waals surface area (Å²) in [4.78, 5) is 24.0. The number of benzene rings is 2. The quantitative estimate of drug-likeness (QED) is 0.570. The van der Waals surface area contributed by atoms with Gasteiger partial charge in [0.1, 0.15) is 0 Å².